The summed E-state index contributed by atoms with van der Waals surface area (Å²) in [6.45, 7) is 2.23. The van der Waals surface area contributed by atoms with Gasteiger partial charge in [-0.1, -0.05) is 25.1 Å². The first kappa shape index (κ1) is 18.7. The summed E-state index contributed by atoms with van der Waals surface area (Å²) >= 11 is 0. The number of carbonyl (C=O) groups is 1. The number of nitrogens with one attached hydrogen (secondary N) is 2. The molecule has 0 unspecified atom stereocenters. The summed E-state index contributed by atoms with van der Waals surface area (Å²) in [5.74, 6) is 0.334. The molecule has 0 aliphatic heterocycles. The fraction of sp³-hybridized carbons (Fsp3) is 0.150. The van der Waals surface area contributed by atoms with Crippen molar-refractivity contribution in [3.8, 4) is 0 Å². The van der Waals surface area contributed by atoms with Crippen LogP contribution in [0.4, 0.5) is 5.69 Å². The molecule has 6 nitrogen and oxygen atoms in total. The second kappa shape index (κ2) is 8.09. The summed E-state index contributed by atoms with van der Waals surface area (Å²) in [7, 11) is -3.73. The Bertz CT molecular complexity index is 1010. The molecule has 0 saturated heterocycles. The van der Waals surface area contributed by atoms with Crippen molar-refractivity contribution in [3.63, 3.8) is 0 Å². The molecule has 7 heteroatoms. The highest BCUT2D eigenvalue weighted by Crippen LogP contribution is 2.20. The molecule has 0 bridgehead atoms. The van der Waals surface area contributed by atoms with Crippen molar-refractivity contribution < 1.29 is 17.6 Å². The van der Waals surface area contributed by atoms with Gasteiger partial charge in [0.2, 0.25) is 0 Å². The van der Waals surface area contributed by atoms with Gasteiger partial charge < -0.3 is 9.73 Å². The molecule has 0 fully saturated rings. The maximum Gasteiger partial charge on any atom is 0.261 e. The summed E-state index contributed by atoms with van der Waals surface area (Å²) in [5.41, 5.74) is 1.84. The van der Waals surface area contributed by atoms with E-state index in [9.17, 15) is 13.2 Å². The van der Waals surface area contributed by atoms with Gasteiger partial charge in [-0.2, -0.15) is 0 Å². The average Bonchev–Trinajstić information content (AvgIpc) is 3.20. The number of carbonyl (C=O) groups excluding carboxylic acids is 1. The number of furan rings is 1. The molecule has 27 heavy (non-hydrogen) atoms. The Labute approximate surface area is 158 Å². The van der Waals surface area contributed by atoms with Gasteiger partial charge in [0.25, 0.3) is 15.9 Å². The normalized spacial score (nSPS) is 11.1. The molecule has 0 atom stereocenters. The van der Waals surface area contributed by atoms with Gasteiger partial charge in [0.05, 0.1) is 23.4 Å². The minimum absolute atomic E-state index is 0.0935. The van der Waals surface area contributed by atoms with E-state index < -0.39 is 10.0 Å². The lowest BCUT2D eigenvalue weighted by molar-refractivity contribution is 0.0948. The van der Waals surface area contributed by atoms with Gasteiger partial charge in [-0.05, 0) is 54.4 Å². The third-order valence-corrected chi connectivity index (χ3v) is 5.45. The van der Waals surface area contributed by atoms with Gasteiger partial charge in [-0.3, -0.25) is 9.52 Å². The number of rotatable bonds is 7. The fourth-order valence-electron chi connectivity index (χ4n) is 2.60. The van der Waals surface area contributed by atoms with Crippen molar-refractivity contribution in [2.24, 2.45) is 0 Å². The lowest BCUT2D eigenvalue weighted by Gasteiger charge is -2.12. The Kier molecular flexibility index (Phi) is 5.61. The Hall–Kier alpha value is -3.06. The van der Waals surface area contributed by atoms with Crippen LogP contribution in [0.5, 0.6) is 0 Å². The molecule has 3 rings (SSSR count). The van der Waals surface area contributed by atoms with E-state index in [2.05, 4.69) is 10.0 Å². The quantitative estimate of drug-likeness (QED) is 0.652. The SMILES string of the molecule is CCc1ccccc1NS(=O)(=O)c1ccc(C(=O)NCc2ccco2)cc1. The van der Waals surface area contributed by atoms with Crippen LogP contribution < -0.4 is 10.0 Å². The summed E-state index contributed by atoms with van der Waals surface area (Å²) in [5, 5.41) is 2.72. The van der Waals surface area contributed by atoms with Crippen molar-refractivity contribution >= 4 is 21.6 Å². The van der Waals surface area contributed by atoms with Crippen LogP contribution in [0.1, 0.15) is 28.6 Å². The highest BCUT2D eigenvalue weighted by Gasteiger charge is 2.16. The Morgan fingerprint density at radius 2 is 1.74 bits per heavy atom. The summed E-state index contributed by atoms with van der Waals surface area (Å²) in [6, 6.07) is 16.6. The molecule has 1 amide bonds. The second-order valence-electron chi connectivity index (χ2n) is 5.90. The maximum atomic E-state index is 12.6. The third kappa shape index (κ3) is 4.57. The van der Waals surface area contributed by atoms with Crippen LogP contribution in [0.25, 0.3) is 0 Å². The number of sulfonamides is 1. The van der Waals surface area contributed by atoms with E-state index in [0.717, 1.165) is 5.56 Å². The minimum atomic E-state index is -3.73. The van der Waals surface area contributed by atoms with E-state index in [0.29, 0.717) is 23.4 Å². The first-order chi connectivity index (χ1) is 13.0. The lowest BCUT2D eigenvalue weighted by atomic mass is 10.1. The third-order valence-electron chi connectivity index (χ3n) is 4.07. The van der Waals surface area contributed by atoms with E-state index in [-0.39, 0.29) is 17.3 Å². The van der Waals surface area contributed by atoms with Gasteiger partial charge in [-0.15, -0.1) is 0 Å². The van der Waals surface area contributed by atoms with Crippen LogP contribution in [0.15, 0.2) is 76.2 Å². The lowest BCUT2D eigenvalue weighted by Crippen LogP contribution is -2.22. The number of benzene rings is 2. The van der Waals surface area contributed by atoms with E-state index in [1.165, 1.54) is 30.5 Å². The summed E-state index contributed by atoms with van der Waals surface area (Å²) in [6.07, 6.45) is 2.25. The zero-order chi connectivity index (χ0) is 19.3. The number of hydrogen-bond acceptors (Lipinski definition) is 4. The molecule has 0 radical (unpaired) electrons. The first-order valence-corrected chi connectivity index (χ1v) is 9.99. The standard InChI is InChI=1S/C20H20N2O4S/c1-2-15-6-3-4-8-19(15)22-27(24,25)18-11-9-16(10-12-18)20(23)21-14-17-7-5-13-26-17/h3-13,22H,2,14H2,1H3,(H,21,23). The molecule has 0 aliphatic carbocycles. The number of aryl methyl sites for hydroxylation is 1. The molecule has 2 N–H and O–H groups in total. The molecular weight excluding hydrogens is 364 g/mol. The molecule has 1 aromatic heterocycles. The van der Waals surface area contributed by atoms with Gasteiger partial charge >= 0.3 is 0 Å². The zero-order valence-electron chi connectivity index (χ0n) is 14.8. The molecule has 3 aromatic rings. The van der Waals surface area contributed by atoms with E-state index in [4.69, 9.17) is 4.42 Å². The molecule has 0 spiro atoms. The van der Waals surface area contributed by atoms with Crippen molar-refractivity contribution in [2.45, 2.75) is 24.8 Å². The number of amides is 1. The van der Waals surface area contributed by atoms with Crippen LogP contribution in [-0.4, -0.2) is 14.3 Å². The van der Waals surface area contributed by atoms with Gasteiger partial charge in [0, 0.05) is 5.56 Å². The first-order valence-electron chi connectivity index (χ1n) is 8.51. The second-order valence-corrected chi connectivity index (χ2v) is 7.59. The Balaban J connectivity index is 1.71. The van der Waals surface area contributed by atoms with E-state index in [1.807, 2.05) is 19.1 Å². The van der Waals surface area contributed by atoms with Crippen LogP contribution in [0, 0.1) is 0 Å². The monoisotopic (exact) mass is 384 g/mol. The Morgan fingerprint density at radius 1 is 1.00 bits per heavy atom. The van der Waals surface area contributed by atoms with Crippen LogP contribution in [0.3, 0.4) is 0 Å². The predicted octanol–water partition coefficient (Wildman–Crippen LogP) is 3.57. The van der Waals surface area contributed by atoms with Crippen molar-refractivity contribution in [3.05, 3.63) is 83.8 Å². The highest BCUT2D eigenvalue weighted by atomic mass is 32.2. The molecule has 0 aliphatic rings. The van der Waals surface area contributed by atoms with Crippen LogP contribution >= 0.6 is 0 Å². The summed E-state index contributed by atoms with van der Waals surface area (Å²) in [4.78, 5) is 12.3. The van der Waals surface area contributed by atoms with E-state index >= 15 is 0 Å². The maximum absolute atomic E-state index is 12.6. The van der Waals surface area contributed by atoms with Crippen LogP contribution in [-0.2, 0) is 23.0 Å². The van der Waals surface area contributed by atoms with Gasteiger partial charge in [0.1, 0.15) is 5.76 Å². The molecule has 1 heterocycles. The molecule has 140 valence electrons. The topological polar surface area (TPSA) is 88.4 Å². The number of anilines is 1. The highest BCUT2D eigenvalue weighted by molar-refractivity contribution is 7.92. The zero-order valence-corrected chi connectivity index (χ0v) is 15.6. The summed E-state index contributed by atoms with van der Waals surface area (Å²) < 4.78 is 33.0. The predicted molar refractivity (Wildman–Crippen MR) is 103 cm³/mol. The molecule has 2 aromatic carbocycles. The smallest absolute Gasteiger partial charge is 0.261 e. The largest absolute Gasteiger partial charge is 0.467 e. The van der Waals surface area contributed by atoms with Gasteiger partial charge in [-0.25, -0.2) is 8.42 Å². The van der Waals surface area contributed by atoms with Crippen molar-refractivity contribution in [1.29, 1.82) is 0 Å². The van der Waals surface area contributed by atoms with Crippen LogP contribution in [0.2, 0.25) is 0 Å². The molecular formula is C20H20N2O4S. The van der Waals surface area contributed by atoms with E-state index in [1.54, 1.807) is 24.3 Å². The Morgan fingerprint density at radius 3 is 2.41 bits per heavy atom. The number of para-hydroxylation sites is 1. The van der Waals surface area contributed by atoms with Gasteiger partial charge in [0.15, 0.2) is 0 Å². The van der Waals surface area contributed by atoms with Crippen molar-refractivity contribution in [1.82, 2.24) is 5.32 Å². The molecule has 0 saturated carbocycles. The minimum Gasteiger partial charge on any atom is -0.467 e. The average molecular weight is 384 g/mol. The fourth-order valence-corrected chi connectivity index (χ4v) is 3.70. The number of hydrogen-bond donors (Lipinski definition) is 2. The van der Waals surface area contributed by atoms with Crippen molar-refractivity contribution in [2.75, 3.05) is 4.72 Å².